The minimum absolute atomic E-state index is 0.243. The normalized spacial score (nSPS) is 12.8. The highest BCUT2D eigenvalue weighted by Gasteiger charge is 2.06. The van der Waals surface area contributed by atoms with Crippen LogP contribution >= 0.6 is 11.8 Å². The third-order valence-corrected chi connectivity index (χ3v) is 3.89. The average molecular weight is 262 g/mol. The van der Waals surface area contributed by atoms with Gasteiger partial charge in [0.2, 0.25) is 0 Å². The first-order chi connectivity index (χ1) is 8.70. The van der Waals surface area contributed by atoms with Gasteiger partial charge in [0, 0.05) is 17.2 Å². The highest BCUT2D eigenvalue weighted by Crippen LogP contribution is 2.19. The number of hydrogen-bond donors (Lipinski definition) is 2. The summed E-state index contributed by atoms with van der Waals surface area (Å²) in [5.41, 5.74) is 12.7. The second-order valence-electron chi connectivity index (χ2n) is 4.23. The molecule has 5 heteroatoms. The number of fused-ring (bicyclic) bond motifs is 1. The summed E-state index contributed by atoms with van der Waals surface area (Å²) < 4.78 is 0. The van der Waals surface area contributed by atoms with Crippen molar-refractivity contribution in [3.63, 3.8) is 0 Å². The van der Waals surface area contributed by atoms with Crippen LogP contribution in [0.1, 0.15) is 19.2 Å². The van der Waals surface area contributed by atoms with Gasteiger partial charge in [0.15, 0.2) is 0 Å². The number of aromatic nitrogens is 2. The van der Waals surface area contributed by atoms with Gasteiger partial charge in [-0.15, -0.1) is 0 Å². The van der Waals surface area contributed by atoms with Crippen LogP contribution in [0.25, 0.3) is 10.9 Å². The van der Waals surface area contributed by atoms with Crippen LogP contribution < -0.4 is 11.5 Å². The molecule has 0 fully saturated rings. The number of anilines is 1. The van der Waals surface area contributed by atoms with Gasteiger partial charge in [0.1, 0.15) is 11.6 Å². The summed E-state index contributed by atoms with van der Waals surface area (Å²) in [5, 5.41) is 0.913. The van der Waals surface area contributed by atoms with Crippen molar-refractivity contribution in [2.24, 2.45) is 5.73 Å². The van der Waals surface area contributed by atoms with Crippen LogP contribution in [0.4, 0.5) is 5.82 Å². The lowest BCUT2D eigenvalue weighted by atomic mass is 10.2. The summed E-state index contributed by atoms with van der Waals surface area (Å²) in [7, 11) is 0. The van der Waals surface area contributed by atoms with E-state index >= 15 is 0 Å². The van der Waals surface area contributed by atoms with Crippen molar-refractivity contribution in [1.82, 2.24) is 9.97 Å². The SMILES string of the molecule is CCC(N)CSCc1nc(N)c2ccccc2n1. The zero-order chi connectivity index (χ0) is 13.0. The van der Waals surface area contributed by atoms with E-state index in [1.54, 1.807) is 11.8 Å². The molecule has 1 aromatic carbocycles. The van der Waals surface area contributed by atoms with Crippen molar-refractivity contribution in [3.05, 3.63) is 30.1 Å². The molecule has 0 saturated carbocycles. The standard InChI is InChI=1S/C13H18N4S/c1-2-9(14)7-18-8-12-16-11-6-4-3-5-10(11)13(15)17-12/h3-6,9H,2,7-8,14H2,1H3,(H2,15,16,17). The van der Waals surface area contributed by atoms with Gasteiger partial charge in [-0.2, -0.15) is 11.8 Å². The maximum absolute atomic E-state index is 5.93. The molecule has 0 bridgehead atoms. The van der Waals surface area contributed by atoms with Gasteiger partial charge in [-0.05, 0) is 18.6 Å². The first-order valence-corrected chi connectivity index (χ1v) is 7.20. The summed E-state index contributed by atoms with van der Waals surface area (Å²) in [6, 6.07) is 8.04. The maximum atomic E-state index is 5.93. The fraction of sp³-hybridized carbons (Fsp3) is 0.385. The van der Waals surface area contributed by atoms with E-state index in [9.17, 15) is 0 Å². The average Bonchev–Trinajstić information content (AvgIpc) is 2.38. The predicted molar refractivity (Wildman–Crippen MR) is 78.4 cm³/mol. The fourth-order valence-electron chi connectivity index (χ4n) is 1.64. The lowest BCUT2D eigenvalue weighted by Gasteiger charge is -2.08. The van der Waals surface area contributed by atoms with Gasteiger partial charge in [0.25, 0.3) is 0 Å². The molecule has 0 aliphatic carbocycles. The Morgan fingerprint density at radius 3 is 2.83 bits per heavy atom. The van der Waals surface area contributed by atoms with Gasteiger partial charge < -0.3 is 11.5 Å². The molecule has 1 atom stereocenters. The van der Waals surface area contributed by atoms with Gasteiger partial charge in [-0.1, -0.05) is 19.1 Å². The zero-order valence-corrected chi connectivity index (χ0v) is 11.3. The molecule has 1 aromatic heterocycles. The smallest absolute Gasteiger partial charge is 0.141 e. The van der Waals surface area contributed by atoms with Gasteiger partial charge >= 0.3 is 0 Å². The summed E-state index contributed by atoms with van der Waals surface area (Å²) in [4.78, 5) is 8.83. The highest BCUT2D eigenvalue weighted by molar-refractivity contribution is 7.98. The quantitative estimate of drug-likeness (QED) is 0.863. The van der Waals surface area contributed by atoms with E-state index in [0.29, 0.717) is 5.82 Å². The number of nitrogen functional groups attached to an aromatic ring is 1. The molecule has 96 valence electrons. The van der Waals surface area contributed by atoms with E-state index in [4.69, 9.17) is 11.5 Å². The Bertz CT molecular complexity index is 529. The minimum atomic E-state index is 0.243. The van der Waals surface area contributed by atoms with Crippen molar-refractivity contribution in [3.8, 4) is 0 Å². The maximum Gasteiger partial charge on any atom is 0.141 e. The van der Waals surface area contributed by atoms with Crippen LogP contribution in [0.2, 0.25) is 0 Å². The second-order valence-corrected chi connectivity index (χ2v) is 5.26. The molecule has 0 radical (unpaired) electrons. The summed E-state index contributed by atoms with van der Waals surface area (Å²) >= 11 is 1.75. The van der Waals surface area contributed by atoms with E-state index in [2.05, 4.69) is 16.9 Å². The molecule has 18 heavy (non-hydrogen) atoms. The van der Waals surface area contributed by atoms with Gasteiger partial charge in [-0.3, -0.25) is 0 Å². The van der Waals surface area contributed by atoms with Crippen molar-refractivity contribution in [1.29, 1.82) is 0 Å². The van der Waals surface area contributed by atoms with Crippen LogP contribution in [0, 0.1) is 0 Å². The van der Waals surface area contributed by atoms with Crippen LogP contribution in [0.3, 0.4) is 0 Å². The molecule has 1 heterocycles. The number of nitrogens with two attached hydrogens (primary N) is 2. The molecule has 0 aliphatic rings. The monoisotopic (exact) mass is 262 g/mol. The third kappa shape index (κ3) is 3.11. The number of para-hydroxylation sites is 1. The highest BCUT2D eigenvalue weighted by atomic mass is 32.2. The molecular formula is C13H18N4S. The summed E-state index contributed by atoms with van der Waals surface area (Å²) in [5.74, 6) is 3.01. The molecule has 4 nitrogen and oxygen atoms in total. The number of nitrogens with zero attached hydrogens (tertiary/aromatic N) is 2. The molecule has 2 aromatic rings. The van der Waals surface area contributed by atoms with E-state index in [-0.39, 0.29) is 6.04 Å². The van der Waals surface area contributed by atoms with Crippen molar-refractivity contribution >= 4 is 28.5 Å². The van der Waals surface area contributed by atoms with E-state index in [1.165, 1.54) is 0 Å². The third-order valence-electron chi connectivity index (χ3n) is 2.77. The topological polar surface area (TPSA) is 77.8 Å². The van der Waals surface area contributed by atoms with Crippen molar-refractivity contribution < 1.29 is 0 Å². The number of hydrogen-bond acceptors (Lipinski definition) is 5. The number of rotatable bonds is 5. The molecule has 0 aliphatic heterocycles. The molecule has 0 saturated heterocycles. The van der Waals surface area contributed by atoms with Gasteiger partial charge in [-0.25, -0.2) is 9.97 Å². The molecule has 2 rings (SSSR count). The van der Waals surface area contributed by atoms with Crippen LogP contribution in [0.5, 0.6) is 0 Å². The molecule has 0 spiro atoms. The number of thioether (sulfide) groups is 1. The van der Waals surface area contributed by atoms with E-state index in [0.717, 1.165) is 34.7 Å². The largest absolute Gasteiger partial charge is 0.383 e. The van der Waals surface area contributed by atoms with Crippen LogP contribution in [0.15, 0.2) is 24.3 Å². The minimum Gasteiger partial charge on any atom is -0.383 e. The summed E-state index contributed by atoms with van der Waals surface area (Å²) in [6.45, 7) is 2.09. The fourth-order valence-corrected chi connectivity index (χ4v) is 2.60. The van der Waals surface area contributed by atoms with Gasteiger partial charge in [0.05, 0.1) is 11.3 Å². The lowest BCUT2D eigenvalue weighted by molar-refractivity contribution is 0.724. The van der Waals surface area contributed by atoms with Crippen LogP contribution in [-0.2, 0) is 5.75 Å². The van der Waals surface area contributed by atoms with Crippen molar-refractivity contribution in [2.45, 2.75) is 25.1 Å². The van der Waals surface area contributed by atoms with E-state index < -0.39 is 0 Å². The molecule has 4 N–H and O–H groups in total. The second kappa shape index (κ2) is 6.02. The lowest BCUT2D eigenvalue weighted by Crippen LogP contribution is -2.21. The summed E-state index contributed by atoms with van der Waals surface area (Å²) in [6.07, 6.45) is 0.994. The van der Waals surface area contributed by atoms with E-state index in [1.807, 2.05) is 24.3 Å². The first-order valence-electron chi connectivity index (χ1n) is 6.05. The Hall–Kier alpha value is -1.33. The molecule has 1 unspecified atom stereocenters. The molecular weight excluding hydrogens is 244 g/mol. The number of benzene rings is 1. The molecule has 0 amide bonds. The Labute approximate surface area is 111 Å². The van der Waals surface area contributed by atoms with Crippen molar-refractivity contribution in [2.75, 3.05) is 11.5 Å². The van der Waals surface area contributed by atoms with Crippen LogP contribution in [-0.4, -0.2) is 21.8 Å². The Balaban J connectivity index is 2.10. The predicted octanol–water partition coefficient (Wildman–Crippen LogP) is 2.18. The Kier molecular flexibility index (Phi) is 4.38. The first kappa shape index (κ1) is 13.1. The Morgan fingerprint density at radius 2 is 2.06 bits per heavy atom. The Morgan fingerprint density at radius 1 is 1.28 bits per heavy atom. The zero-order valence-electron chi connectivity index (χ0n) is 10.5.